The lowest BCUT2D eigenvalue weighted by molar-refractivity contribution is 0.287. The summed E-state index contributed by atoms with van der Waals surface area (Å²) in [6.07, 6.45) is 0.534. The molecule has 106 valence electrons. The van der Waals surface area contributed by atoms with Crippen molar-refractivity contribution in [2.45, 2.75) is 12.5 Å². The van der Waals surface area contributed by atoms with Crippen LogP contribution in [0.3, 0.4) is 0 Å². The molecule has 2 aromatic carbocycles. The van der Waals surface area contributed by atoms with Crippen LogP contribution in [0.1, 0.15) is 5.56 Å². The van der Waals surface area contributed by atoms with E-state index in [1.54, 1.807) is 30.3 Å². The molecule has 0 aliphatic carbocycles. The molecule has 0 fully saturated rings. The van der Waals surface area contributed by atoms with Gasteiger partial charge in [-0.25, -0.2) is 4.39 Å². The van der Waals surface area contributed by atoms with Crippen LogP contribution >= 0.6 is 27.5 Å². The Labute approximate surface area is 130 Å². The molecule has 0 aromatic heterocycles. The molecule has 0 saturated carbocycles. The molecule has 0 amide bonds. The van der Waals surface area contributed by atoms with E-state index in [9.17, 15) is 4.39 Å². The Morgan fingerprint density at radius 1 is 1.20 bits per heavy atom. The highest BCUT2D eigenvalue weighted by atomic mass is 79.9. The number of ether oxygens (including phenoxy) is 1. The van der Waals surface area contributed by atoms with E-state index in [2.05, 4.69) is 15.9 Å². The summed E-state index contributed by atoms with van der Waals surface area (Å²) in [6, 6.07) is 11.4. The second-order valence-electron chi connectivity index (χ2n) is 4.46. The van der Waals surface area contributed by atoms with Crippen molar-refractivity contribution in [3.63, 3.8) is 0 Å². The summed E-state index contributed by atoms with van der Waals surface area (Å²) in [5.41, 5.74) is 6.84. The van der Waals surface area contributed by atoms with Crippen molar-refractivity contribution in [2.75, 3.05) is 6.61 Å². The number of halogens is 3. The van der Waals surface area contributed by atoms with Crippen LogP contribution in [0.4, 0.5) is 4.39 Å². The Morgan fingerprint density at radius 2 is 1.90 bits per heavy atom. The van der Waals surface area contributed by atoms with Gasteiger partial charge in [0, 0.05) is 15.5 Å². The lowest BCUT2D eigenvalue weighted by Gasteiger charge is -2.14. The van der Waals surface area contributed by atoms with Crippen LogP contribution in [0.25, 0.3) is 0 Å². The Morgan fingerprint density at radius 3 is 2.60 bits per heavy atom. The van der Waals surface area contributed by atoms with Crippen LogP contribution in [0.2, 0.25) is 5.02 Å². The van der Waals surface area contributed by atoms with Gasteiger partial charge in [0.2, 0.25) is 0 Å². The highest BCUT2D eigenvalue weighted by molar-refractivity contribution is 9.10. The van der Waals surface area contributed by atoms with Gasteiger partial charge in [-0.1, -0.05) is 27.5 Å². The van der Waals surface area contributed by atoms with E-state index in [0.29, 0.717) is 23.8 Å². The molecule has 0 aliphatic rings. The summed E-state index contributed by atoms with van der Waals surface area (Å²) in [4.78, 5) is 0. The maximum absolute atomic E-state index is 13.2. The molecule has 20 heavy (non-hydrogen) atoms. The third kappa shape index (κ3) is 4.47. The van der Waals surface area contributed by atoms with Crippen LogP contribution in [0.15, 0.2) is 46.9 Å². The molecule has 1 unspecified atom stereocenters. The van der Waals surface area contributed by atoms with E-state index in [1.165, 1.54) is 12.1 Å². The summed E-state index contributed by atoms with van der Waals surface area (Å²) in [5.74, 6) is 0.442. The van der Waals surface area contributed by atoms with E-state index in [0.717, 1.165) is 10.0 Å². The number of hydrogen-bond acceptors (Lipinski definition) is 2. The van der Waals surface area contributed by atoms with Gasteiger partial charge in [0.05, 0.1) is 0 Å². The monoisotopic (exact) mass is 357 g/mol. The molecule has 5 heteroatoms. The van der Waals surface area contributed by atoms with E-state index in [4.69, 9.17) is 22.1 Å². The Hall–Kier alpha value is -1.10. The standard InChI is InChI=1S/C15H14BrClFNO/c16-15-6-3-12(18)7-10(15)8-13(19)9-20-14-4-1-11(17)2-5-14/h1-7,13H,8-9,19H2. The average Bonchev–Trinajstić information content (AvgIpc) is 2.42. The first-order chi connectivity index (χ1) is 9.54. The van der Waals surface area contributed by atoms with Gasteiger partial charge in [-0.2, -0.15) is 0 Å². The van der Waals surface area contributed by atoms with Crippen LogP contribution in [0.5, 0.6) is 5.75 Å². The summed E-state index contributed by atoms with van der Waals surface area (Å²) in [6.45, 7) is 0.352. The van der Waals surface area contributed by atoms with E-state index in [-0.39, 0.29) is 11.9 Å². The van der Waals surface area contributed by atoms with Gasteiger partial charge in [-0.05, 0) is 54.4 Å². The highest BCUT2D eigenvalue weighted by Crippen LogP contribution is 2.20. The number of nitrogens with two attached hydrogens (primary N) is 1. The van der Waals surface area contributed by atoms with E-state index in [1.807, 2.05) is 0 Å². The molecule has 0 radical (unpaired) electrons. The number of rotatable bonds is 5. The van der Waals surface area contributed by atoms with Crippen molar-refractivity contribution in [1.29, 1.82) is 0 Å². The molecule has 0 heterocycles. The summed E-state index contributed by atoms with van der Waals surface area (Å²) < 4.78 is 19.6. The summed E-state index contributed by atoms with van der Waals surface area (Å²) in [5, 5.41) is 0.658. The number of benzene rings is 2. The van der Waals surface area contributed by atoms with Gasteiger partial charge in [-0.3, -0.25) is 0 Å². The first kappa shape index (κ1) is 15.3. The molecule has 0 saturated heterocycles. The maximum Gasteiger partial charge on any atom is 0.123 e. The molecule has 0 aliphatic heterocycles. The first-order valence-electron chi connectivity index (χ1n) is 6.12. The van der Waals surface area contributed by atoms with Gasteiger partial charge in [0.25, 0.3) is 0 Å². The zero-order chi connectivity index (χ0) is 14.5. The Balaban J connectivity index is 1.90. The fraction of sp³-hybridized carbons (Fsp3) is 0.200. The first-order valence-corrected chi connectivity index (χ1v) is 7.29. The smallest absolute Gasteiger partial charge is 0.123 e. The maximum atomic E-state index is 13.2. The molecule has 2 rings (SSSR count). The SMILES string of the molecule is NC(COc1ccc(Cl)cc1)Cc1cc(F)ccc1Br. The molecule has 2 N–H and O–H groups in total. The average molecular weight is 359 g/mol. The van der Waals surface area contributed by atoms with Crippen LogP contribution in [-0.2, 0) is 6.42 Å². The van der Waals surface area contributed by atoms with E-state index >= 15 is 0 Å². The molecule has 0 bridgehead atoms. The molecule has 2 aromatic rings. The van der Waals surface area contributed by atoms with Crippen molar-refractivity contribution < 1.29 is 9.13 Å². The number of hydrogen-bond donors (Lipinski definition) is 1. The fourth-order valence-electron chi connectivity index (χ4n) is 1.78. The molecular formula is C15H14BrClFNO. The van der Waals surface area contributed by atoms with Crippen molar-refractivity contribution in [1.82, 2.24) is 0 Å². The summed E-state index contributed by atoms with van der Waals surface area (Å²) >= 11 is 9.18. The fourth-order valence-corrected chi connectivity index (χ4v) is 2.31. The molecule has 1 atom stereocenters. The zero-order valence-corrected chi connectivity index (χ0v) is 13.0. The molecular weight excluding hydrogens is 345 g/mol. The van der Waals surface area contributed by atoms with Crippen LogP contribution in [-0.4, -0.2) is 12.6 Å². The summed E-state index contributed by atoms with van der Waals surface area (Å²) in [7, 11) is 0. The predicted octanol–water partition coefficient (Wildman–Crippen LogP) is 4.19. The van der Waals surface area contributed by atoms with Crippen molar-refractivity contribution in [3.05, 3.63) is 63.3 Å². The van der Waals surface area contributed by atoms with Gasteiger partial charge in [0.1, 0.15) is 18.2 Å². The second kappa shape index (κ2) is 7.07. The van der Waals surface area contributed by atoms with Crippen molar-refractivity contribution in [3.8, 4) is 5.75 Å². The minimum Gasteiger partial charge on any atom is -0.492 e. The van der Waals surface area contributed by atoms with Crippen LogP contribution < -0.4 is 10.5 Å². The molecule has 2 nitrogen and oxygen atoms in total. The van der Waals surface area contributed by atoms with Crippen LogP contribution in [0, 0.1) is 5.82 Å². The van der Waals surface area contributed by atoms with E-state index < -0.39 is 0 Å². The lowest BCUT2D eigenvalue weighted by Crippen LogP contribution is -2.30. The minimum atomic E-state index is -0.269. The third-order valence-corrected chi connectivity index (χ3v) is 3.79. The zero-order valence-electron chi connectivity index (χ0n) is 10.7. The minimum absolute atomic E-state index is 0.219. The normalized spacial score (nSPS) is 12.2. The van der Waals surface area contributed by atoms with Gasteiger partial charge >= 0.3 is 0 Å². The predicted molar refractivity (Wildman–Crippen MR) is 82.7 cm³/mol. The van der Waals surface area contributed by atoms with Crippen molar-refractivity contribution >= 4 is 27.5 Å². The van der Waals surface area contributed by atoms with Gasteiger partial charge in [0.15, 0.2) is 0 Å². The highest BCUT2D eigenvalue weighted by Gasteiger charge is 2.09. The second-order valence-corrected chi connectivity index (χ2v) is 5.76. The van der Waals surface area contributed by atoms with Gasteiger partial charge in [-0.15, -0.1) is 0 Å². The van der Waals surface area contributed by atoms with Gasteiger partial charge < -0.3 is 10.5 Å². The third-order valence-electron chi connectivity index (χ3n) is 2.77. The topological polar surface area (TPSA) is 35.2 Å². The lowest BCUT2D eigenvalue weighted by atomic mass is 10.1. The molecule has 0 spiro atoms. The van der Waals surface area contributed by atoms with Crippen molar-refractivity contribution in [2.24, 2.45) is 5.73 Å². The quantitative estimate of drug-likeness (QED) is 0.870. The Kier molecular flexibility index (Phi) is 5.40. The Bertz CT molecular complexity index is 577. The largest absolute Gasteiger partial charge is 0.492 e.